The van der Waals surface area contributed by atoms with E-state index in [1.807, 2.05) is 0 Å². The number of aldehydes is 1. The zero-order valence-corrected chi connectivity index (χ0v) is 13.8. The second-order valence-electron chi connectivity index (χ2n) is 4.84. The molecule has 0 rings (SSSR count). The van der Waals surface area contributed by atoms with Crippen LogP contribution in [0.15, 0.2) is 0 Å². The highest BCUT2D eigenvalue weighted by Gasteiger charge is 2.41. The summed E-state index contributed by atoms with van der Waals surface area (Å²) in [5.74, 6) is -3.09. The fourth-order valence-electron chi connectivity index (χ4n) is 1.93. The average molecular weight is 347 g/mol. The third-order valence-corrected chi connectivity index (χ3v) is 2.66. The van der Waals surface area contributed by atoms with Crippen LogP contribution in [0.1, 0.15) is 27.7 Å². The van der Waals surface area contributed by atoms with Crippen molar-refractivity contribution in [3.05, 3.63) is 0 Å². The standard InChI is InChI=1S/C14H21NO9/c1-7(18)15-11(5-16)13(23-9(3)20)14(24-10(4)21)12(6-17)22-8(2)19/h5,11-14,17H,6H2,1-4H3,(H,15,18)/t11-,12+,13+,14-/m0/s1. The summed E-state index contributed by atoms with van der Waals surface area (Å²) in [5, 5.41) is 11.6. The Labute approximate surface area is 138 Å². The van der Waals surface area contributed by atoms with E-state index in [4.69, 9.17) is 14.2 Å². The molecule has 0 spiro atoms. The van der Waals surface area contributed by atoms with Gasteiger partial charge in [-0.3, -0.25) is 19.2 Å². The number of hydrogen-bond donors (Lipinski definition) is 2. The van der Waals surface area contributed by atoms with Gasteiger partial charge in [-0.1, -0.05) is 0 Å². The first kappa shape index (κ1) is 21.5. The van der Waals surface area contributed by atoms with E-state index in [-0.39, 0.29) is 6.29 Å². The van der Waals surface area contributed by atoms with Crippen LogP contribution in [0, 0.1) is 0 Å². The number of amides is 1. The minimum atomic E-state index is -1.51. The van der Waals surface area contributed by atoms with E-state index in [0.29, 0.717) is 0 Å². The molecule has 0 aromatic carbocycles. The lowest BCUT2D eigenvalue weighted by Gasteiger charge is -2.33. The number of carbonyl (C=O) groups excluding carboxylic acids is 5. The highest BCUT2D eigenvalue weighted by Crippen LogP contribution is 2.16. The lowest BCUT2D eigenvalue weighted by atomic mass is 10.0. The van der Waals surface area contributed by atoms with Gasteiger partial charge >= 0.3 is 17.9 Å². The summed E-state index contributed by atoms with van der Waals surface area (Å²) in [5.41, 5.74) is 0. The Kier molecular flexibility index (Phi) is 9.25. The van der Waals surface area contributed by atoms with Crippen molar-refractivity contribution in [3.8, 4) is 0 Å². The maximum absolute atomic E-state index is 11.3. The van der Waals surface area contributed by atoms with Crippen LogP contribution < -0.4 is 5.32 Å². The van der Waals surface area contributed by atoms with Crippen LogP contribution in [0.2, 0.25) is 0 Å². The summed E-state index contributed by atoms with van der Waals surface area (Å²) in [7, 11) is 0. The van der Waals surface area contributed by atoms with Gasteiger partial charge in [0.25, 0.3) is 0 Å². The number of ether oxygens (including phenoxy) is 3. The first-order valence-electron chi connectivity index (χ1n) is 6.97. The predicted molar refractivity (Wildman–Crippen MR) is 77.4 cm³/mol. The molecule has 0 aliphatic heterocycles. The molecule has 0 bridgehead atoms. The molecule has 4 atom stereocenters. The molecule has 10 heteroatoms. The molecule has 0 heterocycles. The van der Waals surface area contributed by atoms with Crippen molar-refractivity contribution < 1.29 is 43.3 Å². The molecule has 0 saturated carbocycles. The molecule has 0 saturated heterocycles. The Hall–Kier alpha value is -2.49. The van der Waals surface area contributed by atoms with Crippen LogP contribution in [-0.2, 0) is 38.2 Å². The largest absolute Gasteiger partial charge is 0.456 e. The van der Waals surface area contributed by atoms with Gasteiger partial charge in [-0.2, -0.15) is 0 Å². The molecule has 2 N–H and O–H groups in total. The van der Waals surface area contributed by atoms with Gasteiger partial charge in [0.15, 0.2) is 18.3 Å². The van der Waals surface area contributed by atoms with Crippen LogP contribution in [0.25, 0.3) is 0 Å². The van der Waals surface area contributed by atoms with E-state index in [0.717, 1.165) is 27.7 Å². The second kappa shape index (κ2) is 10.3. The summed E-state index contributed by atoms with van der Waals surface area (Å²) in [6.45, 7) is 3.47. The molecule has 136 valence electrons. The van der Waals surface area contributed by atoms with Crippen molar-refractivity contribution in [2.75, 3.05) is 6.61 Å². The molecule has 0 aromatic heterocycles. The zero-order valence-electron chi connectivity index (χ0n) is 13.8. The highest BCUT2D eigenvalue weighted by molar-refractivity contribution is 5.78. The number of hydrogen-bond acceptors (Lipinski definition) is 9. The summed E-state index contributed by atoms with van der Waals surface area (Å²) < 4.78 is 14.8. The third-order valence-electron chi connectivity index (χ3n) is 2.66. The van der Waals surface area contributed by atoms with Gasteiger partial charge in [0.1, 0.15) is 12.3 Å². The lowest BCUT2D eigenvalue weighted by molar-refractivity contribution is -0.188. The normalized spacial score (nSPS) is 15.2. The van der Waals surface area contributed by atoms with Crippen molar-refractivity contribution >= 4 is 30.1 Å². The molecule has 0 aliphatic carbocycles. The number of rotatable bonds is 9. The van der Waals surface area contributed by atoms with Crippen molar-refractivity contribution in [1.82, 2.24) is 5.32 Å². The van der Waals surface area contributed by atoms with Gasteiger partial charge in [-0.05, 0) is 0 Å². The van der Waals surface area contributed by atoms with Crippen LogP contribution in [-0.4, -0.2) is 66.2 Å². The van der Waals surface area contributed by atoms with Crippen molar-refractivity contribution in [3.63, 3.8) is 0 Å². The smallest absolute Gasteiger partial charge is 0.303 e. The highest BCUT2D eigenvalue weighted by atomic mass is 16.6. The molecular formula is C14H21NO9. The van der Waals surface area contributed by atoms with Crippen LogP contribution in [0.4, 0.5) is 0 Å². The van der Waals surface area contributed by atoms with Crippen molar-refractivity contribution in [1.29, 1.82) is 0 Å². The fourth-order valence-corrected chi connectivity index (χ4v) is 1.93. The SMILES string of the molecule is CC(=O)N[C@@H](C=O)[C@@H](OC(C)=O)[C@@H](OC(C)=O)[C@@H](CO)OC(C)=O. The van der Waals surface area contributed by atoms with Crippen LogP contribution in [0.5, 0.6) is 0 Å². The molecule has 1 amide bonds. The van der Waals surface area contributed by atoms with Crippen molar-refractivity contribution in [2.45, 2.75) is 52.0 Å². The Morgan fingerprint density at radius 2 is 1.38 bits per heavy atom. The fraction of sp³-hybridized carbons (Fsp3) is 0.643. The van der Waals surface area contributed by atoms with Crippen LogP contribution in [0.3, 0.4) is 0 Å². The second-order valence-corrected chi connectivity index (χ2v) is 4.84. The van der Waals surface area contributed by atoms with Gasteiger partial charge in [0, 0.05) is 27.7 Å². The van der Waals surface area contributed by atoms with Gasteiger partial charge in [-0.25, -0.2) is 0 Å². The lowest BCUT2D eigenvalue weighted by Crippen LogP contribution is -2.57. The molecule has 10 nitrogen and oxygen atoms in total. The number of aliphatic hydroxyl groups excluding tert-OH is 1. The molecule has 0 aliphatic rings. The number of carbonyl (C=O) groups is 5. The first-order chi connectivity index (χ1) is 11.1. The summed E-state index contributed by atoms with van der Waals surface area (Å²) in [4.78, 5) is 56.3. The minimum Gasteiger partial charge on any atom is -0.456 e. The van der Waals surface area contributed by atoms with Gasteiger partial charge in [-0.15, -0.1) is 0 Å². The topological polar surface area (TPSA) is 145 Å². The Bertz CT molecular complexity index is 491. The monoisotopic (exact) mass is 347 g/mol. The predicted octanol–water partition coefficient (Wildman–Crippen LogP) is -1.52. The van der Waals surface area contributed by atoms with Crippen molar-refractivity contribution in [2.24, 2.45) is 0 Å². The Morgan fingerprint density at radius 1 is 0.917 bits per heavy atom. The molecular weight excluding hydrogens is 326 g/mol. The number of aliphatic hydroxyl groups is 1. The maximum atomic E-state index is 11.3. The van der Waals surface area contributed by atoms with Crippen LogP contribution >= 0.6 is 0 Å². The first-order valence-corrected chi connectivity index (χ1v) is 6.97. The Morgan fingerprint density at radius 3 is 1.71 bits per heavy atom. The van der Waals surface area contributed by atoms with Gasteiger partial charge in [0.2, 0.25) is 5.91 Å². The minimum absolute atomic E-state index is 0.272. The zero-order chi connectivity index (χ0) is 18.9. The molecule has 0 radical (unpaired) electrons. The van der Waals surface area contributed by atoms with Gasteiger partial charge in [0.05, 0.1) is 6.61 Å². The van der Waals surface area contributed by atoms with E-state index < -0.39 is 54.8 Å². The third kappa shape index (κ3) is 7.68. The van der Waals surface area contributed by atoms with Gasteiger partial charge < -0.3 is 29.4 Å². The maximum Gasteiger partial charge on any atom is 0.303 e. The quantitative estimate of drug-likeness (QED) is 0.288. The van der Waals surface area contributed by atoms with E-state index in [2.05, 4.69) is 5.32 Å². The number of esters is 3. The molecule has 0 fully saturated rings. The molecule has 0 aromatic rings. The summed E-state index contributed by atoms with van der Waals surface area (Å²) >= 11 is 0. The average Bonchev–Trinajstić information content (AvgIpc) is 2.45. The summed E-state index contributed by atoms with van der Waals surface area (Å²) in [6.07, 6.45) is -4.16. The van der Waals surface area contributed by atoms with E-state index in [1.165, 1.54) is 0 Å². The number of nitrogens with one attached hydrogen (secondary N) is 1. The van der Waals surface area contributed by atoms with E-state index in [9.17, 15) is 29.1 Å². The summed E-state index contributed by atoms with van der Waals surface area (Å²) in [6, 6.07) is -1.39. The van der Waals surface area contributed by atoms with E-state index >= 15 is 0 Å². The molecule has 24 heavy (non-hydrogen) atoms. The molecule has 0 unspecified atom stereocenters. The Balaban J connectivity index is 5.79. The van der Waals surface area contributed by atoms with E-state index in [1.54, 1.807) is 0 Å².